The summed E-state index contributed by atoms with van der Waals surface area (Å²) in [5.41, 5.74) is 3.15. The molecule has 0 aliphatic carbocycles. The van der Waals surface area contributed by atoms with Crippen LogP contribution in [0.5, 0.6) is 0 Å². The highest BCUT2D eigenvalue weighted by Crippen LogP contribution is 2.18. The molecule has 0 aromatic heterocycles. The quantitative estimate of drug-likeness (QED) is 0.822. The Morgan fingerprint density at radius 2 is 1.87 bits per heavy atom. The van der Waals surface area contributed by atoms with Gasteiger partial charge in [-0.3, -0.25) is 4.79 Å². The third-order valence-corrected chi connectivity index (χ3v) is 4.28. The smallest absolute Gasteiger partial charge is 0.337 e. The molecule has 120 valence electrons. The normalized spacial score (nSPS) is 10.2. The number of ether oxygens (including phenoxy) is 1. The molecule has 0 aliphatic heterocycles. The van der Waals surface area contributed by atoms with Gasteiger partial charge in [-0.1, -0.05) is 36.4 Å². The third kappa shape index (κ3) is 5.14. The molecule has 0 atom stereocenters. The summed E-state index contributed by atoms with van der Waals surface area (Å²) in [6, 6.07) is 15.1. The number of hydrogen-bond donors (Lipinski definition) is 1. The molecule has 0 radical (unpaired) electrons. The predicted octanol–water partition coefficient (Wildman–Crippen LogP) is 3.65. The summed E-state index contributed by atoms with van der Waals surface area (Å²) in [5.74, 6) is 0.640. The second-order valence-corrected chi connectivity index (χ2v) is 6.03. The van der Waals surface area contributed by atoms with Crippen LogP contribution in [0, 0.1) is 6.92 Å². The molecule has 0 aliphatic rings. The first kappa shape index (κ1) is 17.1. The number of amides is 1. The van der Waals surface area contributed by atoms with E-state index >= 15 is 0 Å². The number of esters is 1. The van der Waals surface area contributed by atoms with Gasteiger partial charge in [-0.05, 0) is 30.2 Å². The van der Waals surface area contributed by atoms with Crippen LogP contribution >= 0.6 is 11.8 Å². The molecule has 5 heteroatoms. The fourth-order valence-corrected chi connectivity index (χ4v) is 2.81. The van der Waals surface area contributed by atoms with E-state index in [-0.39, 0.29) is 5.91 Å². The number of carbonyl (C=O) groups excluding carboxylic acids is 2. The lowest BCUT2D eigenvalue weighted by Gasteiger charge is -2.10. The number of carbonyl (C=O) groups is 2. The van der Waals surface area contributed by atoms with Gasteiger partial charge in [0.25, 0.3) is 0 Å². The van der Waals surface area contributed by atoms with Gasteiger partial charge in [0.2, 0.25) is 5.91 Å². The zero-order chi connectivity index (χ0) is 16.7. The molecular formula is C18H19NO3S. The number of benzene rings is 2. The van der Waals surface area contributed by atoms with Crippen LogP contribution in [0.2, 0.25) is 0 Å². The van der Waals surface area contributed by atoms with Gasteiger partial charge in [0.05, 0.1) is 18.4 Å². The first-order valence-corrected chi connectivity index (χ1v) is 8.36. The molecule has 2 aromatic rings. The zero-order valence-corrected chi connectivity index (χ0v) is 14.0. The lowest BCUT2D eigenvalue weighted by Crippen LogP contribution is -2.15. The fourth-order valence-electron chi connectivity index (χ4n) is 2.02. The van der Waals surface area contributed by atoms with Crippen LogP contribution in [0.15, 0.2) is 48.5 Å². The summed E-state index contributed by atoms with van der Waals surface area (Å²) < 4.78 is 4.69. The maximum absolute atomic E-state index is 12.1. The van der Waals surface area contributed by atoms with E-state index in [0.29, 0.717) is 17.0 Å². The highest BCUT2D eigenvalue weighted by molar-refractivity contribution is 7.99. The van der Waals surface area contributed by atoms with Gasteiger partial charge in [0, 0.05) is 11.4 Å². The second kappa shape index (κ2) is 8.39. The Morgan fingerprint density at radius 1 is 1.13 bits per heavy atom. The summed E-state index contributed by atoms with van der Waals surface area (Å²) in [6.07, 6.45) is 0. The van der Waals surface area contributed by atoms with Crippen LogP contribution in [0.1, 0.15) is 21.5 Å². The maximum atomic E-state index is 12.1. The number of hydrogen-bond acceptors (Lipinski definition) is 4. The van der Waals surface area contributed by atoms with Crippen molar-refractivity contribution in [1.82, 2.24) is 0 Å². The first-order valence-electron chi connectivity index (χ1n) is 7.20. The van der Waals surface area contributed by atoms with Crippen molar-refractivity contribution in [2.45, 2.75) is 12.7 Å². The average Bonchev–Trinajstić information content (AvgIpc) is 2.57. The first-order chi connectivity index (χ1) is 11.1. The third-order valence-electron chi connectivity index (χ3n) is 3.28. The van der Waals surface area contributed by atoms with Gasteiger partial charge in [-0.2, -0.15) is 0 Å². The van der Waals surface area contributed by atoms with E-state index in [1.165, 1.54) is 12.7 Å². The van der Waals surface area contributed by atoms with Crippen molar-refractivity contribution in [1.29, 1.82) is 0 Å². The van der Waals surface area contributed by atoms with Gasteiger partial charge in [-0.25, -0.2) is 4.79 Å². The number of nitrogens with one attached hydrogen (secondary N) is 1. The molecule has 0 saturated heterocycles. The Kier molecular flexibility index (Phi) is 6.23. The van der Waals surface area contributed by atoms with E-state index in [9.17, 15) is 9.59 Å². The van der Waals surface area contributed by atoms with Crippen LogP contribution < -0.4 is 5.32 Å². The molecule has 1 N–H and O–H groups in total. The van der Waals surface area contributed by atoms with Crippen molar-refractivity contribution in [2.75, 3.05) is 18.2 Å². The van der Waals surface area contributed by atoms with E-state index in [1.807, 2.05) is 37.3 Å². The minimum absolute atomic E-state index is 0.0870. The number of thioether (sulfide) groups is 1. The predicted molar refractivity (Wildman–Crippen MR) is 93.8 cm³/mol. The summed E-state index contributed by atoms with van der Waals surface area (Å²) in [7, 11) is 1.33. The summed E-state index contributed by atoms with van der Waals surface area (Å²) >= 11 is 1.55. The van der Waals surface area contributed by atoms with Crippen molar-refractivity contribution in [2.24, 2.45) is 0 Å². The van der Waals surface area contributed by atoms with Crippen molar-refractivity contribution in [3.63, 3.8) is 0 Å². The Bertz CT molecular complexity index is 686. The molecular weight excluding hydrogens is 310 g/mol. The van der Waals surface area contributed by atoms with Crippen LogP contribution in [0.25, 0.3) is 0 Å². The molecule has 0 saturated carbocycles. The second-order valence-electron chi connectivity index (χ2n) is 5.05. The topological polar surface area (TPSA) is 55.4 Å². The molecule has 0 heterocycles. The highest BCUT2D eigenvalue weighted by Gasteiger charge is 2.10. The summed E-state index contributed by atoms with van der Waals surface area (Å²) in [4.78, 5) is 23.6. The lowest BCUT2D eigenvalue weighted by molar-refractivity contribution is -0.113. The van der Waals surface area contributed by atoms with Crippen molar-refractivity contribution < 1.29 is 14.3 Å². The monoisotopic (exact) mass is 329 g/mol. The molecule has 0 fully saturated rings. The molecule has 2 aromatic carbocycles. The molecule has 0 bridgehead atoms. The molecule has 0 spiro atoms. The Balaban J connectivity index is 1.91. The minimum atomic E-state index is -0.418. The van der Waals surface area contributed by atoms with E-state index in [2.05, 4.69) is 5.32 Å². The van der Waals surface area contributed by atoms with Crippen LogP contribution in [-0.2, 0) is 15.3 Å². The van der Waals surface area contributed by atoms with Gasteiger partial charge in [0.1, 0.15) is 0 Å². The molecule has 1 amide bonds. The summed E-state index contributed by atoms with van der Waals surface area (Å²) in [5, 5.41) is 2.85. The van der Waals surface area contributed by atoms with Gasteiger partial charge in [-0.15, -0.1) is 11.8 Å². The Hall–Kier alpha value is -2.27. The zero-order valence-electron chi connectivity index (χ0n) is 13.2. The molecule has 2 rings (SSSR count). The number of anilines is 1. The molecule has 0 unspecified atom stereocenters. The van der Waals surface area contributed by atoms with E-state index in [1.54, 1.807) is 30.0 Å². The van der Waals surface area contributed by atoms with Gasteiger partial charge < -0.3 is 10.1 Å². The maximum Gasteiger partial charge on any atom is 0.337 e. The highest BCUT2D eigenvalue weighted by atomic mass is 32.2. The standard InChI is InChI=1S/C18H19NO3S/c1-13-8-9-15(18(21)22-2)10-16(13)19-17(20)12-23-11-14-6-4-3-5-7-14/h3-10H,11-12H2,1-2H3,(H,19,20). The summed E-state index contributed by atoms with van der Waals surface area (Å²) in [6.45, 7) is 1.88. The average molecular weight is 329 g/mol. The number of methoxy groups -OCH3 is 1. The Morgan fingerprint density at radius 3 is 2.57 bits per heavy atom. The van der Waals surface area contributed by atoms with Crippen LogP contribution in [-0.4, -0.2) is 24.7 Å². The van der Waals surface area contributed by atoms with Crippen molar-refractivity contribution in [3.8, 4) is 0 Å². The largest absolute Gasteiger partial charge is 0.465 e. The van der Waals surface area contributed by atoms with E-state index in [4.69, 9.17) is 4.74 Å². The van der Waals surface area contributed by atoms with Crippen molar-refractivity contribution in [3.05, 3.63) is 65.2 Å². The van der Waals surface area contributed by atoms with Crippen LogP contribution in [0.3, 0.4) is 0 Å². The fraction of sp³-hybridized carbons (Fsp3) is 0.222. The lowest BCUT2D eigenvalue weighted by atomic mass is 10.1. The minimum Gasteiger partial charge on any atom is -0.465 e. The molecule has 23 heavy (non-hydrogen) atoms. The van der Waals surface area contributed by atoms with E-state index < -0.39 is 5.97 Å². The van der Waals surface area contributed by atoms with Gasteiger partial charge >= 0.3 is 5.97 Å². The number of rotatable bonds is 6. The Labute approximate surface area is 140 Å². The molecule has 4 nitrogen and oxygen atoms in total. The number of aryl methyl sites for hydroxylation is 1. The van der Waals surface area contributed by atoms with Crippen LogP contribution in [0.4, 0.5) is 5.69 Å². The van der Waals surface area contributed by atoms with E-state index in [0.717, 1.165) is 11.3 Å². The SMILES string of the molecule is COC(=O)c1ccc(C)c(NC(=O)CSCc2ccccc2)c1. The van der Waals surface area contributed by atoms with Gasteiger partial charge in [0.15, 0.2) is 0 Å². The van der Waals surface area contributed by atoms with Crippen molar-refractivity contribution >= 4 is 29.3 Å².